The first kappa shape index (κ1) is 20.5. The van der Waals surface area contributed by atoms with Crippen LogP contribution in [0.1, 0.15) is 32.0 Å². The molecule has 0 amide bonds. The van der Waals surface area contributed by atoms with E-state index in [1.54, 1.807) is 48.5 Å². The average Bonchev–Trinajstić information content (AvgIpc) is 3.17. The van der Waals surface area contributed by atoms with Gasteiger partial charge in [-0.2, -0.15) is 5.10 Å². The summed E-state index contributed by atoms with van der Waals surface area (Å²) in [6, 6.07) is 13.2. The van der Waals surface area contributed by atoms with Crippen molar-refractivity contribution in [2.75, 3.05) is 6.61 Å². The molecule has 2 aromatic carbocycles. The fraction of sp³-hybridized carbons (Fsp3) is 0.0952. The first-order valence-electron chi connectivity index (χ1n) is 8.40. The number of halogens is 2. The van der Waals surface area contributed by atoms with Gasteiger partial charge in [-0.1, -0.05) is 59.3 Å². The molecule has 0 unspecified atom stereocenters. The number of rotatable bonds is 5. The number of esters is 2. The standard InChI is InChI=1S/C21H14Cl2N2O4/c22-17-9-3-1-7-15(17)20(26)28-11-5-6-14-12-24-25-19(14)13-29-21(27)16-8-2-4-10-18(16)23/h1-4,7-10,12H,11,13H2,(H,24,25). The molecule has 29 heavy (non-hydrogen) atoms. The summed E-state index contributed by atoms with van der Waals surface area (Å²) in [5.74, 6) is 4.42. The summed E-state index contributed by atoms with van der Waals surface area (Å²) < 4.78 is 10.3. The third kappa shape index (κ3) is 5.38. The quantitative estimate of drug-likeness (QED) is 0.484. The first-order chi connectivity index (χ1) is 14.1. The van der Waals surface area contributed by atoms with E-state index >= 15 is 0 Å². The molecule has 1 heterocycles. The Kier molecular flexibility index (Phi) is 6.90. The van der Waals surface area contributed by atoms with E-state index in [1.807, 2.05) is 0 Å². The molecule has 3 aromatic rings. The molecule has 0 atom stereocenters. The smallest absolute Gasteiger partial charge is 0.340 e. The molecule has 3 rings (SSSR count). The molecule has 1 N–H and O–H groups in total. The van der Waals surface area contributed by atoms with Crippen LogP contribution < -0.4 is 0 Å². The number of nitrogens with one attached hydrogen (secondary N) is 1. The van der Waals surface area contributed by atoms with Crippen LogP contribution in [0.4, 0.5) is 0 Å². The number of H-pyrrole nitrogens is 1. The number of hydrogen-bond donors (Lipinski definition) is 1. The summed E-state index contributed by atoms with van der Waals surface area (Å²) >= 11 is 11.9. The molecule has 8 heteroatoms. The van der Waals surface area contributed by atoms with E-state index in [9.17, 15) is 9.59 Å². The summed E-state index contributed by atoms with van der Waals surface area (Å²) in [5, 5.41) is 7.23. The van der Waals surface area contributed by atoms with Crippen LogP contribution in [0.25, 0.3) is 0 Å². The number of ether oxygens (including phenoxy) is 2. The summed E-state index contributed by atoms with van der Waals surface area (Å²) in [7, 11) is 0. The third-order valence-electron chi connectivity index (χ3n) is 3.75. The third-order valence-corrected chi connectivity index (χ3v) is 4.41. The average molecular weight is 429 g/mol. The number of nitrogens with zero attached hydrogens (tertiary/aromatic N) is 1. The maximum absolute atomic E-state index is 12.1. The largest absolute Gasteiger partial charge is 0.456 e. The molecule has 0 bridgehead atoms. The second-order valence-corrected chi connectivity index (χ2v) is 6.49. The van der Waals surface area contributed by atoms with Crippen molar-refractivity contribution in [1.29, 1.82) is 0 Å². The van der Waals surface area contributed by atoms with Gasteiger partial charge in [-0.25, -0.2) is 9.59 Å². The fourth-order valence-corrected chi connectivity index (χ4v) is 2.74. The summed E-state index contributed by atoms with van der Waals surface area (Å²) in [6.07, 6.45) is 1.49. The zero-order valence-electron chi connectivity index (χ0n) is 14.9. The minimum atomic E-state index is -0.564. The van der Waals surface area contributed by atoms with Crippen LogP contribution in [-0.2, 0) is 16.1 Å². The SMILES string of the molecule is O=C(OCC#Cc1cn[nH]c1COC(=O)c1ccccc1Cl)c1ccccc1Cl. The first-order valence-corrected chi connectivity index (χ1v) is 9.16. The van der Waals surface area contributed by atoms with Crippen LogP contribution in [0.2, 0.25) is 10.0 Å². The van der Waals surface area contributed by atoms with Crippen molar-refractivity contribution in [1.82, 2.24) is 10.2 Å². The monoisotopic (exact) mass is 428 g/mol. The zero-order chi connectivity index (χ0) is 20.6. The molecular weight excluding hydrogens is 415 g/mol. The number of aromatic amines is 1. The van der Waals surface area contributed by atoms with E-state index in [0.29, 0.717) is 21.3 Å². The van der Waals surface area contributed by atoms with Gasteiger partial charge in [0.25, 0.3) is 0 Å². The second kappa shape index (κ2) is 9.78. The molecule has 0 aliphatic heterocycles. The predicted molar refractivity (Wildman–Crippen MR) is 108 cm³/mol. The number of benzene rings is 2. The molecule has 1 aromatic heterocycles. The maximum atomic E-state index is 12.1. The summed E-state index contributed by atoms with van der Waals surface area (Å²) in [6.45, 7) is -0.193. The van der Waals surface area contributed by atoms with E-state index in [4.69, 9.17) is 32.7 Å². The predicted octanol–water partition coefficient (Wildman–Crippen LogP) is 4.28. The molecule has 0 aliphatic carbocycles. The van der Waals surface area contributed by atoms with Gasteiger partial charge in [0.05, 0.1) is 38.6 Å². The van der Waals surface area contributed by atoms with Crippen LogP contribution in [0.3, 0.4) is 0 Å². The van der Waals surface area contributed by atoms with Gasteiger partial charge in [-0.05, 0) is 24.3 Å². The Morgan fingerprint density at radius 1 is 0.931 bits per heavy atom. The molecule has 0 aliphatic rings. The molecule has 0 saturated heterocycles. The highest BCUT2D eigenvalue weighted by Crippen LogP contribution is 2.17. The van der Waals surface area contributed by atoms with E-state index in [1.165, 1.54) is 6.20 Å². The second-order valence-electron chi connectivity index (χ2n) is 5.68. The lowest BCUT2D eigenvalue weighted by atomic mass is 10.2. The zero-order valence-corrected chi connectivity index (χ0v) is 16.5. The van der Waals surface area contributed by atoms with Gasteiger partial charge in [-0.3, -0.25) is 5.10 Å². The number of aromatic nitrogens is 2. The van der Waals surface area contributed by atoms with Gasteiger partial charge in [0.15, 0.2) is 6.61 Å². The molecule has 0 saturated carbocycles. The number of hydrogen-bond acceptors (Lipinski definition) is 5. The Balaban J connectivity index is 1.56. The van der Waals surface area contributed by atoms with Crippen LogP contribution in [0, 0.1) is 11.8 Å². The van der Waals surface area contributed by atoms with E-state index in [2.05, 4.69) is 22.0 Å². The van der Waals surface area contributed by atoms with Crippen LogP contribution >= 0.6 is 23.2 Å². The summed E-state index contributed by atoms with van der Waals surface area (Å²) in [5.41, 5.74) is 1.57. The number of carbonyl (C=O) groups excluding carboxylic acids is 2. The van der Waals surface area contributed by atoms with Crippen molar-refractivity contribution in [2.45, 2.75) is 6.61 Å². The Labute approximate surface area is 176 Å². The van der Waals surface area contributed by atoms with Gasteiger partial charge in [0.1, 0.15) is 6.61 Å². The van der Waals surface area contributed by atoms with E-state index < -0.39 is 11.9 Å². The fourth-order valence-electron chi connectivity index (χ4n) is 2.31. The van der Waals surface area contributed by atoms with Gasteiger partial charge >= 0.3 is 11.9 Å². The minimum absolute atomic E-state index is 0.0620. The van der Waals surface area contributed by atoms with E-state index in [-0.39, 0.29) is 24.3 Å². The van der Waals surface area contributed by atoms with Crippen LogP contribution in [-0.4, -0.2) is 28.7 Å². The van der Waals surface area contributed by atoms with Gasteiger partial charge in [0, 0.05) is 0 Å². The topological polar surface area (TPSA) is 81.3 Å². The Bertz CT molecular complexity index is 1100. The molecule has 146 valence electrons. The molecule has 0 spiro atoms. The highest BCUT2D eigenvalue weighted by molar-refractivity contribution is 6.33. The minimum Gasteiger partial charge on any atom is -0.456 e. The van der Waals surface area contributed by atoms with Crippen LogP contribution in [0.15, 0.2) is 54.7 Å². The highest BCUT2D eigenvalue weighted by atomic mass is 35.5. The molecule has 0 radical (unpaired) electrons. The number of carbonyl (C=O) groups is 2. The van der Waals surface area contributed by atoms with Gasteiger partial charge < -0.3 is 9.47 Å². The van der Waals surface area contributed by atoms with Crippen LogP contribution in [0.5, 0.6) is 0 Å². The van der Waals surface area contributed by atoms with Crippen molar-refractivity contribution in [3.05, 3.63) is 87.2 Å². The lowest BCUT2D eigenvalue weighted by Crippen LogP contribution is -2.07. The Morgan fingerprint density at radius 2 is 1.52 bits per heavy atom. The molecule has 6 nitrogen and oxygen atoms in total. The van der Waals surface area contributed by atoms with Crippen molar-refractivity contribution >= 4 is 35.1 Å². The Morgan fingerprint density at radius 3 is 2.14 bits per heavy atom. The maximum Gasteiger partial charge on any atom is 0.340 e. The van der Waals surface area contributed by atoms with Crippen molar-refractivity contribution in [3.63, 3.8) is 0 Å². The van der Waals surface area contributed by atoms with Gasteiger partial charge in [-0.15, -0.1) is 0 Å². The lowest BCUT2D eigenvalue weighted by molar-refractivity contribution is 0.0466. The lowest BCUT2D eigenvalue weighted by Gasteiger charge is -2.05. The molecule has 0 fully saturated rings. The van der Waals surface area contributed by atoms with E-state index in [0.717, 1.165) is 0 Å². The van der Waals surface area contributed by atoms with Gasteiger partial charge in [0.2, 0.25) is 0 Å². The summed E-state index contributed by atoms with van der Waals surface area (Å²) in [4.78, 5) is 24.1. The normalized spacial score (nSPS) is 10.0. The van der Waals surface area contributed by atoms with Crippen molar-refractivity contribution in [2.24, 2.45) is 0 Å². The highest BCUT2D eigenvalue weighted by Gasteiger charge is 2.13. The molecular formula is C21H14Cl2N2O4. The Hall–Kier alpha value is -3.27. The van der Waals surface area contributed by atoms with Crippen molar-refractivity contribution in [3.8, 4) is 11.8 Å². The van der Waals surface area contributed by atoms with Crippen molar-refractivity contribution < 1.29 is 19.1 Å².